The summed E-state index contributed by atoms with van der Waals surface area (Å²) in [4.78, 5) is 14.0. The minimum absolute atomic E-state index is 0.191. The van der Waals surface area contributed by atoms with E-state index >= 15 is 0 Å². The van der Waals surface area contributed by atoms with E-state index in [1.165, 1.54) is 16.9 Å². The fourth-order valence-corrected chi connectivity index (χ4v) is 2.35. The van der Waals surface area contributed by atoms with Crippen LogP contribution >= 0.6 is 11.3 Å². The summed E-state index contributed by atoms with van der Waals surface area (Å²) in [7, 11) is 1.43. The SMILES string of the molecule is COC(=O)[C@@H](NCc1ccc(C)s1)C(C)C. The summed E-state index contributed by atoms with van der Waals surface area (Å²) in [5.41, 5.74) is 0. The van der Waals surface area contributed by atoms with Crippen molar-refractivity contribution in [3.05, 3.63) is 21.9 Å². The molecule has 16 heavy (non-hydrogen) atoms. The number of hydrogen-bond donors (Lipinski definition) is 1. The van der Waals surface area contributed by atoms with Crippen molar-refractivity contribution < 1.29 is 9.53 Å². The van der Waals surface area contributed by atoms with Crippen LogP contribution in [0.4, 0.5) is 0 Å². The van der Waals surface area contributed by atoms with Crippen LogP contribution in [0.5, 0.6) is 0 Å². The van der Waals surface area contributed by atoms with Crippen molar-refractivity contribution in [2.45, 2.75) is 33.4 Å². The van der Waals surface area contributed by atoms with Crippen molar-refractivity contribution >= 4 is 17.3 Å². The van der Waals surface area contributed by atoms with Gasteiger partial charge in [-0.1, -0.05) is 13.8 Å². The van der Waals surface area contributed by atoms with E-state index in [0.717, 1.165) is 6.54 Å². The number of carbonyl (C=O) groups excluding carboxylic acids is 1. The molecule has 90 valence electrons. The first kappa shape index (κ1) is 13.2. The summed E-state index contributed by atoms with van der Waals surface area (Å²) in [5, 5.41) is 3.24. The number of rotatable bonds is 5. The Kier molecular flexibility index (Phi) is 4.96. The molecule has 3 nitrogen and oxygen atoms in total. The number of esters is 1. The Morgan fingerprint density at radius 2 is 2.19 bits per heavy atom. The van der Waals surface area contributed by atoms with Crippen molar-refractivity contribution in [2.24, 2.45) is 5.92 Å². The van der Waals surface area contributed by atoms with Crippen LogP contribution in [-0.4, -0.2) is 19.1 Å². The van der Waals surface area contributed by atoms with Gasteiger partial charge in [0, 0.05) is 16.3 Å². The number of methoxy groups -OCH3 is 1. The van der Waals surface area contributed by atoms with E-state index in [9.17, 15) is 4.79 Å². The molecule has 0 saturated heterocycles. The number of carbonyl (C=O) groups is 1. The van der Waals surface area contributed by atoms with Crippen LogP contribution in [0.1, 0.15) is 23.6 Å². The van der Waals surface area contributed by atoms with Gasteiger partial charge >= 0.3 is 5.97 Å². The number of aryl methyl sites for hydroxylation is 1. The largest absolute Gasteiger partial charge is 0.468 e. The molecule has 1 heterocycles. The zero-order valence-corrected chi connectivity index (χ0v) is 11.1. The number of hydrogen-bond acceptors (Lipinski definition) is 4. The van der Waals surface area contributed by atoms with Gasteiger partial charge in [-0.15, -0.1) is 11.3 Å². The molecule has 1 N–H and O–H groups in total. The van der Waals surface area contributed by atoms with Crippen molar-refractivity contribution in [1.82, 2.24) is 5.32 Å². The molecule has 0 spiro atoms. The Bertz CT molecular complexity index is 347. The molecule has 0 aromatic carbocycles. The van der Waals surface area contributed by atoms with Gasteiger partial charge in [-0.2, -0.15) is 0 Å². The second-order valence-corrected chi connectivity index (χ2v) is 5.51. The Hall–Kier alpha value is -0.870. The fraction of sp³-hybridized carbons (Fsp3) is 0.583. The summed E-state index contributed by atoms with van der Waals surface area (Å²) in [5.74, 6) is 0.0387. The average Bonchev–Trinajstić information content (AvgIpc) is 2.63. The van der Waals surface area contributed by atoms with Crippen LogP contribution in [0.25, 0.3) is 0 Å². The third-order valence-electron chi connectivity index (χ3n) is 2.41. The highest BCUT2D eigenvalue weighted by Gasteiger charge is 2.22. The molecular weight excluding hydrogens is 222 g/mol. The zero-order chi connectivity index (χ0) is 12.1. The van der Waals surface area contributed by atoms with Crippen molar-refractivity contribution in [3.63, 3.8) is 0 Å². The Morgan fingerprint density at radius 1 is 1.50 bits per heavy atom. The van der Waals surface area contributed by atoms with Gasteiger partial charge in [0.2, 0.25) is 0 Å². The molecular formula is C12H19NO2S. The Balaban J connectivity index is 2.53. The van der Waals surface area contributed by atoms with Crippen LogP contribution < -0.4 is 5.32 Å². The molecule has 1 aromatic rings. The lowest BCUT2D eigenvalue weighted by Crippen LogP contribution is -2.41. The van der Waals surface area contributed by atoms with Gasteiger partial charge in [-0.05, 0) is 25.0 Å². The van der Waals surface area contributed by atoms with E-state index in [-0.39, 0.29) is 17.9 Å². The first-order chi connectivity index (χ1) is 7.54. The highest BCUT2D eigenvalue weighted by atomic mass is 32.1. The molecule has 0 aliphatic heterocycles. The number of nitrogens with one attached hydrogen (secondary N) is 1. The van der Waals surface area contributed by atoms with Gasteiger partial charge in [0.25, 0.3) is 0 Å². The van der Waals surface area contributed by atoms with E-state index in [1.54, 1.807) is 11.3 Å². The molecule has 0 unspecified atom stereocenters. The third kappa shape index (κ3) is 3.61. The third-order valence-corrected chi connectivity index (χ3v) is 3.41. The summed E-state index contributed by atoms with van der Waals surface area (Å²) >= 11 is 1.75. The van der Waals surface area contributed by atoms with Crippen molar-refractivity contribution in [1.29, 1.82) is 0 Å². The first-order valence-electron chi connectivity index (χ1n) is 5.41. The van der Waals surface area contributed by atoms with E-state index in [0.29, 0.717) is 0 Å². The number of ether oxygens (including phenoxy) is 1. The van der Waals surface area contributed by atoms with Crippen LogP contribution in [0, 0.1) is 12.8 Å². The second-order valence-electron chi connectivity index (χ2n) is 4.14. The van der Waals surface area contributed by atoms with Gasteiger partial charge in [-0.25, -0.2) is 0 Å². The molecule has 4 heteroatoms. The molecule has 0 saturated carbocycles. The predicted molar refractivity (Wildman–Crippen MR) is 66.5 cm³/mol. The normalized spacial score (nSPS) is 12.8. The molecule has 0 radical (unpaired) electrons. The molecule has 1 aromatic heterocycles. The zero-order valence-electron chi connectivity index (χ0n) is 10.2. The minimum atomic E-state index is -0.229. The van der Waals surface area contributed by atoms with Gasteiger partial charge in [0.05, 0.1) is 7.11 Å². The van der Waals surface area contributed by atoms with E-state index in [4.69, 9.17) is 4.74 Å². The summed E-state index contributed by atoms with van der Waals surface area (Å²) in [6, 6.07) is 3.94. The molecule has 0 fully saturated rings. The van der Waals surface area contributed by atoms with E-state index < -0.39 is 0 Å². The van der Waals surface area contributed by atoms with Crippen molar-refractivity contribution in [2.75, 3.05) is 7.11 Å². The van der Waals surface area contributed by atoms with E-state index in [1.807, 2.05) is 13.8 Å². The molecule has 0 bridgehead atoms. The van der Waals surface area contributed by atoms with Crippen LogP contribution in [0.15, 0.2) is 12.1 Å². The summed E-state index contributed by atoms with van der Waals surface area (Å²) in [6.45, 7) is 6.81. The lowest BCUT2D eigenvalue weighted by atomic mass is 10.0. The average molecular weight is 241 g/mol. The summed E-state index contributed by atoms with van der Waals surface area (Å²) < 4.78 is 4.77. The Morgan fingerprint density at radius 3 is 2.62 bits per heavy atom. The monoisotopic (exact) mass is 241 g/mol. The maximum absolute atomic E-state index is 11.5. The van der Waals surface area contributed by atoms with Gasteiger partial charge in [0.15, 0.2) is 0 Å². The minimum Gasteiger partial charge on any atom is -0.468 e. The predicted octanol–water partition coefficient (Wildman–Crippen LogP) is 2.34. The smallest absolute Gasteiger partial charge is 0.323 e. The van der Waals surface area contributed by atoms with Crippen molar-refractivity contribution in [3.8, 4) is 0 Å². The number of thiophene rings is 1. The lowest BCUT2D eigenvalue weighted by Gasteiger charge is -2.19. The van der Waals surface area contributed by atoms with Crippen LogP contribution in [0.3, 0.4) is 0 Å². The highest BCUT2D eigenvalue weighted by molar-refractivity contribution is 7.11. The van der Waals surface area contributed by atoms with Gasteiger partial charge in [0.1, 0.15) is 6.04 Å². The molecule has 0 aliphatic carbocycles. The van der Waals surface area contributed by atoms with Gasteiger partial charge in [-0.3, -0.25) is 10.1 Å². The van der Waals surface area contributed by atoms with Gasteiger partial charge < -0.3 is 4.74 Å². The molecule has 0 aliphatic rings. The maximum Gasteiger partial charge on any atom is 0.323 e. The van der Waals surface area contributed by atoms with E-state index in [2.05, 4.69) is 24.4 Å². The first-order valence-corrected chi connectivity index (χ1v) is 6.22. The van der Waals surface area contributed by atoms with Crippen LogP contribution in [0.2, 0.25) is 0 Å². The highest BCUT2D eigenvalue weighted by Crippen LogP contribution is 2.15. The lowest BCUT2D eigenvalue weighted by molar-refractivity contribution is -0.144. The molecule has 1 atom stereocenters. The topological polar surface area (TPSA) is 38.3 Å². The molecule has 0 amide bonds. The standard InChI is InChI=1S/C12H19NO2S/c1-8(2)11(12(14)15-4)13-7-10-6-5-9(3)16-10/h5-6,8,11,13H,7H2,1-4H3/t11-/m0/s1. The second kappa shape index (κ2) is 6.01. The maximum atomic E-state index is 11.5. The Labute approximate surface area is 101 Å². The quantitative estimate of drug-likeness (QED) is 0.804. The molecule has 1 rings (SSSR count). The summed E-state index contributed by atoms with van der Waals surface area (Å²) in [6.07, 6.45) is 0. The van der Waals surface area contributed by atoms with Crippen LogP contribution in [-0.2, 0) is 16.1 Å². The fourth-order valence-electron chi connectivity index (χ4n) is 1.51.